The molecule has 0 aromatic heterocycles. The van der Waals surface area contributed by atoms with Gasteiger partial charge in [0.1, 0.15) is 5.75 Å². The van der Waals surface area contributed by atoms with Crippen LogP contribution in [0.15, 0.2) is 12.1 Å². The second kappa shape index (κ2) is 3.62. The summed E-state index contributed by atoms with van der Waals surface area (Å²) in [6, 6.07) is 4.43. The fourth-order valence-electron chi connectivity index (χ4n) is 2.18. The smallest absolute Gasteiger partial charge is 0.125 e. The van der Waals surface area contributed by atoms with Crippen molar-refractivity contribution in [3.8, 4) is 5.75 Å². The molecule has 0 saturated heterocycles. The van der Waals surface area contributed by atoms with Crippen LogP contribution in [0.1, 0.15) is 22.6 Å². The quantitative estimate of drug-likeness (QED) is 0.772. The molecule has 0 saturated carbocycles. The molecule has 1 atom stereocenters. The van der Waals surface area contributed by atoms with Gasteiger partial charge in [0, 0.05) is 18.0 Å². The van der Waals surface area contributed by atoms with Crippen molar-refractivity contribution in [2.45, 2.75) is 19.8 Å². The van der Waals surface area contributed by atoms with Crippen molar-refractivity contribution in [2.24, 2.45) is 0 Å². The van der Waals surface area contributed by atoms with Crippen LogP contribution >= 0.6 is 0 Å². The van der Waals surface area contributed by atoms with Gasteiger partial charge >= 0.3 is 0 Å². The Bertz CT molecular complexity index is 346. The first-order valence-corrected chi connectivity index (χ1v) is 5.11. The zero-order chi connectivity index (χ0) is 10.1. The molecule has 1 N–H and O–H groups in total. The lowest BCUT2D eigenvalue weighted by Gasteiger charge is -2.08. The Balaban J connectivity index is 2.38. The normalized spacial score (nSPS) is 19.2. The van der Waals surface area contributed by atoms with Crippen LogP contribution < -0.4 is 10.1 Å². The standard InChI is InChI=1S/C12H17NO/c1-8-4-9(2)12-11(5-8)10(6-13-3)7-14-12/h4-5,10,13H,6-7H2,1-3H3. The van der Waals surface area contributed by atoms with Crippen molar-refractivity contribution in [1.82, 2.24) is 5.32 Å². The van der Waals surface area contributed by atoms with E-state index in [1.165, 1.54) is 16.7 Å². The summed E-state index contributed by atoms with van der Waals surface area (Å²) in [5.41, 5.74) is 3.96. The molecule has 0 radical (unpaired) electrons. The number of likely N-dealkylation sites (N-methyl/N-ethyl adjacent to an activating group) is 1. The summed E-state index contributed by atoms with van der Waals surface area (Å²) in [5, 5.41) is 3.21. The largest absolute Gasteiger partial charge is 0.492 e. The van der Waals surface area contributed by atoms with Crippen LogP contribution in [0.25, 0.3) is 0 Å². The van der Waals surface area contributed by atoms with Gasteiger partial charge < -0.3 is 10.1 Å². The van der Waals surface area contributed by atoms with Crippen molar-refractivity contribution >= 4 is 0 Å². The fraction of sp³-hybridized carbons (Fsp3) is 0.500. The second-order valence-electron chi connectivity index (χ2n) is 4.07. The maximum absolute atomic E-state index is 5.71. The lowest BCUT2D eigenvalue weighted by atomic mass is 9.97. The molecule has 1 unspecified atom stereocenters. The topological polar surface area (TPSA) is 21.3 Å². The van der Waals surface area contributed by atoms with E-state index in [-0.39, 0.29) is 0 Å². The van der Waals surface area contributed by atoms with Gasteiger partial charge in [-0.05, 0) is 26.5 Å². The van der Waals surface area contributed by atoms with E-state index in [4.69, 9.17) is 4.74 Å². The summed E-state index contributed by atoms with van der Waals surface area (Å²) >= 11 is 0. The van der Waals surface area contributed by atoms with Gasteiger partial charge in [-0.25, -0.2) is 0 Å². The van der Waals surface area contributed by atoms with Gasteiger partial charge in [-0.3, -0.25) is 0 Å². The van der Waals surface area contributed by atoms with Crippen LogP contribution in [0, 0.1) is 13.8 Å². The molecule has 1 aliphatic rings. The Hall–Kier alpha value is -1.02. The van der Waals surface area contributed by atoms with Gasteiger partial charge in [-0.15, -0.1) is 0 Å². The molecule has 0 spiro atoms. The van der Waals surface area contributed by atoms with Gasteiger partial charge in [0.05, 0.1) is 6.61 Å². The zero-order valence-electron chi connectivity index (χ0n) is 9.05. The Morgan fingerprint density at radius 3 is 2.93 bits per heavy atom. The molecule has 0 fully saturated rings. The molecule has 2 rings (SSSR count). The maximum Gasteiger partial charge on any atom is 0.125 e. The Kier molecular flexibility index (Phi) is 2.46. The highest BCUT2D eigenvalue weighted by Gasteiger charge is 2.24. The SMILES string of the molecule is CNCC1COc2c(C)cc(C)cc21. The van der Waals surface area contributed by atoms with E-state index in [1.54, 1.807) is 0 Å². The summed E-state index contributed by atoms with van der Waals surface area (Å²) < 4.78 is 5.71. The van der Waals surface area contributed by atoms with Gasteiger partial charge in [0.2, 0.25) is 0 Å². The highest BCUT2D eigenvalue weighted by molar-refractivity contribution is 5.48. The summed E-state index contributed by atoms with van der Waals surface area (Å²) in [7, 11) is 1.99. The Morgan fingerprint density at radius 2 is 2.21 bits per heavy atom. The number of benzene rings is 1. The second-order valence-corrected chi connectivity index (χ2v) is 4.07. The molecule has 76 valence electrons. The minimum absolute atomic E-state index is 0.522. The van der Waals surface area contributed by atoms with Crippen molar-refractivity contribution in [1.29, 1.82) is 0 Å². The van der Waals surface area contributed by atoms with Crippen LogP contribution in [0.2, 0.25) is 0 Å². The molecule has 0 aliphatic carbocycles. The van der Waals surface area contributed by atoms with Crippen molar-refractivity contribution in [3.63, 3.8) is 0 Å². The predicted octanol–water partition coefficient (Wildman–Crippen LogP) is 2.00. The highest BCUT2D eigenvalue weighted by atomic mass is 16.5. The van der Waals surface area contributed by atoms with E-state index < -0.39 is 0 Å². The zero-order valence-corrected chi connectivity index (χ0v) is 9.05. The maximum atomic E-state index is 5.71. The summed E-state index contributed by atoms with van der Waals surface area (Å²) in [6.45, 7) is 6.08. The third-order valence-electron chi connectivity index (χ3n) is 2.77. The minimum Gasteiger partial charge on any atom is -0.492 e. The monoisotopic (exact) mass is 191 g/mol. The first-order chi connectivity index (χ1) is 6.72. The van der Waals surface area contributed by atoms with E-state index in [9.17, 15) is 0 Å². The summed E-state index contributed by atoms with van der Waals surface area (Å²) in [4.78, 5) is 0. The molecule has 0 amide bonds. The molecule has 0 bridgehead atoms. The van der Waals surface area contributed by atoms with E-state index in [1.807, 2.05) is 7.05 Å². The molecule has 14 heavy (non-hydrogen) atoms. The van der Waals surface area contributed by atoms with Crippen LogP contribution in [-0.2, 0) is 0 Å². The van der Waals surface area contributed by atoms with Gasteiger partial charge in [0.15, 0.2) is 0 Å². The average molecular weight is 191 g/mol. The number of hydrogen-bond acceptors (Lipinski definition) is 2. The van der Waals surface area contributed by atoms with Crippen LogP contribution in [0.3, 0.4) is 0 Å². The molecule has 1 aromatic carbocycles. The van der Waals surface area contributed by atoms with E-state index in [0.717, 1.165) is 18.9 Å². The number of fused-ring (bicyclic) bond motifs is 1. The molecule has 1 heterocycles. The molecule has 2 heteroatoms. The highest BCUT2D eigenvalue weighted by Crippen LogP contribution is 2.36. The van der Waals surface area contributed by atoms with Crippen molar-refractivity contribution < 1.29 is 4.74 Å². The number of nitrogens with one attached hydrogen (secondary N) is 1. The number of ether oxygens (including phenoxy) is 1. The van der Waals surface area contributed by atoms with Crippen LogP contribution in [-0.4, -0.2) is 20.2 Å². The van der Waals surface area contributed by atoms with Crippen LogP contribution in [0.5, 0.6) is 5.75 Å². The van der Waals surface area contributed by atoms with E-state index in [2.05, 4.69) is 31.3 Å². The van der Waals surface area contributed by atoms with Crippen molar-refractivity contribution in [2.75, 3.05) is 20.2 Å². The lowest BCUT2D eigenvalue weighted by Crippen LogP contribution is -2.18. The Morgan fingerprint density at radius 1 is 1.43 bits per heavy atom. The van der Waals surface area contributed by atoms with Gasteiger partial charge in [0.25, 0.3) is 0 Å². The first-order valence-electron chi connectivity index (χ1n) is 5.11. The average Bonchev–Trinajstić information content (AvgIpc) is 2.49. The van der Waals surface area contributed by atoms with E-state index in [0.29, 0.717) is 5.92 Å². The molecule has 1 aliphatic heterocycles. The third-order valence-corrected chi connectivity index (χ3v) is 2.77. The number of rotatable bonds is 2. The molecule has 2 nitrogen and oxygen atoms in total. The van der Waals surface area contributed by atoms with Crippen molar-refractivity contribution in [3.05, 3.63) is 28.8 Å². The summed E-state index contributed by atoms with van der Waals surface area (Å²) in [6.07, 6.45) is 0. The Labute approximate surface area is 85.3 Å². The molecular formula is C12H17NO. The molecular weight excluding hydrogens is 174 g/mol. The van der Waals surface area contributed by atoms with E-state index >= 15 is 0 Å². The first kappa shape index (κ1) is 9.53. The van der Waals surface area contributed by atoms with Gasteiger partial charge in [-0.1, -0.05) is 17.7 Å². The lowest BCUT2D eigenvalue weighted by molar-refractivity contribution is 0.327. The number of aryl methyl sites for hydroxylation is 2. The fourth-order valence-corrected chi connectivity index (χ4v) is 2.18. The van der Waals surface area contributed by atoms with Gasteiger partial charge in [-0.2, -0.15) is 0 Å². The number of hydrogen-bond donors (Lipinski definition) is 1. The summed E-state index contributed by atoms with van der Waals surface area (Å²) in [5.74, 6) is 1.63. The third kappa shape index (κ3) is 1.50. The minimum atomic E-state index is 0.522. The van der Waals surface area contributed by atoms with Crippen LogP contribution in [0.4, 0.5) is 0 Å². The molecule has 1 aromatic rings. The predicted molar refractivity (Wildman–Crippen MR) is 58.1 cm³/mol.